The zero-order chi connectivity index (χ0) is 14.3. The Morgan fingerprint density at radius 1 is 1.10 bits per heavy atom. The zero-order valence-corrected chi connectivity index (χ0v) is 12.7. The first kappa shape index (κ1) is 12.9. The molecule has 0 unspecified atom stereocenters. The fourth-order valence-electron chi connectivity index (χ4n) is 2.52. The lowest BCUT2D eigenvalue weighted by molar-refractivity contribution is 1.20. The fourth-order valence-corrected chi connectivity index (χ4v) is 3.21. The number of hydrogen-bond acceptors (Lipinski definition) is 4. The van der Waals surface area contributed by atoms with Crippen LogP contribution in [0.3, 0.4) is 0 Å². The Bertz CT molecular complexity index is 756. The molecule has 0 spiro atoms. The highest BCUT2D eigenvalue weighted by molar-refractivity contribution is 7.16. The van der Waals surface area contributed by atoms with Crippen molar-refractivity contribution in [1.82, 2.24) is 4.98 Å². The molecule has 4 heteroatoms. The molecule has 0 amide bonds. The van der Waals surface area contributed by atoms with E-state index in [-0.39, 0.29) is 0 Å². The summed E-state index contributed by atoms with van der Waals surface area (Å²) in [6.45, 7) is 4.22. The molecule has 3 rings (SSSR count). The Balaban J connectivity index is 2.11. The third-order valence-corrected chi connectivity index (χ3v) is 4.27. The van der Waals surface area contributed by atoms with Crippen molar-refractivity contribution in [3.8, 4) is 0 Å². The molecule has 0 aliphatic rings. The van der Waals surface area contributed by atoms with Crippen molar-refractivity contribution >= 4 is 38.6 Å². The van der Waals surface area contributed by atoms with Crippen molar-refractivity contribution in [3.05, 3.63) is 47.0 Å². The van der Waals surface area contributed by atoms with Crippen LogP contribution in [0, 0.1) is 13.8 Å². The number of nitrogens with two attached hydrogens (primary N) is 1. The predicted octanol–water partition coefficient (Wildman–Crippen LogP) is 4.26. The van der Waals surface area contributed by atoms with Gasteiger partial charge in [-0.05, 0) is 49.2 Å². The molecule has 0 aliphatic heterocycles. The number of anilines is 3. The molecule has 2 aromatic carbocycles. The third kappa shape index (κ3) is 2.12. The second kappa shape index (κ2) is 4.80. The first-order valence-electron chi connectivity index (χ1n) is 6.50. The van der Waals surface area contributed by atoms with Gasteiger partial charge in [0.25, 0.3) is 0 Å². The van der Waals surface area contributed by atoms with Crippen LogP contribution >= 0.6 is 11.3 Å². The van der Waals surface area contributed by atoms with E-state index in [2.05, 4.69) is 54.1 Å². The number of thiazole rings is 1. The topological polar surface area (TPSA) is 42.2 Å². The second-order valence-corrected chi connectivity index (χ2v) is 5.99. The highest BCUT2D eigenvalue weighted by Crippen LogP contribution is 2.35. The summed E-state index contributed by atoms with van der Waals surface area (Å²) in [4.78, 5) is 6.48. The summed E-state index contributed by atoms with van der Waals surface area (Å²) in [7, 11) is 2.04. The van der Waals surface area contributed by atoms with Gasteiger partial charge in [0.2, 0.25) is 0 Å². The smallest absolute Gasteiger partial charge is 0.106 e. The van der Waals surface area contributed by atoms with Crippen LogP contribution in [0.1, 0.15) is 11.1 Å². The SMILES string of the molecule is Cc1cc(C)cc(N(C)c2ccc3scnc3c2N)c1. The van der Waals surface area contributed by atoms with Gasteiger partial charge in [-0.25, -0.2) is 4.98 Å². The number of rotatable bonds is 2. The van der Waals surface area contributed by atoms with E-state index in [1.807, 2.05) is 12.6 Å². The summed E-state index contributed by atoms with van der Waals surface area (Å²) in [6, 6.07) is 10.6. The van der Waals surface area contributed by atoms with Crippen LogP contribution < -0.4 is 10.6 Å². The molecule has 102 valence electrons. The maximum Gasteiger partial charge on any atom is 0.106 e. The summed E-state index contributed by atoms with van der Waals surface area (Å²) >= 11 is 1.61. The number of nitrogens with zero attached hydrogens (tertiary/aromatic N) is 2. The summed E-state index contributed by atoms with van der Waals surface area (Å²) in [6.07, 6.45) is 0. The van der Waals surface area contributed by atoms with Gasteiger partial charge in [0.05, 0.1) is 21.6 Å². The van der Waals surface area contributed by atoms with E-state index in [4.69, 9.17) is 5.73 Å². The summed E-state index contributed by atoms with van der Waals surface area (Å²) in [5, 5.41) is 0. The van der Waals surface area contributed by atoms with Crippen LogP contribution in [-0.4, -0.2) is 12.0 Å². The van der Waals surface area contributed by atoms with E-state index in [0.29, 0.717) is 0 Å². The Morgan fingerprint density at radius 2 is 1.80 bits per heavy atom. The van der Waals surface area contributed by atoms with Gasteiger partial charge in [-0.3, -0.25) is 0 Å². The molecule has 0 atom stereocenters. The number of benzene rings is 2. The Kier molecular flexibility index (Phi) is 3.10. The van der Waals surface area contributed by atoms with E-state index in [0.717, 1.165) is 27.3 Å². The van der Waals surface area contributed by atoms with Gasteiger partial charge in [0.1, 0.15) is 5.52 Å². The van der Waals surface area contributed by atoms with E-state index in [1.54, 1.807) is 11.3 Å². The number of fused-ring (bicyclic) bond motifs is 1. The quantitative estimate of drug-likeness (QED) is 0.714. The van der Waals surface area contributed by atoms with Gasteiger partial charge in [-0.2, -0.15) is 0 Å². The van der Waals surface area contributed by atoms with Crippen molar-refractivity contribution < 1.29 is 0 Å². The maximum atomic E-state index is 6.28. The van der Waals surface area contributed by atoms with Crippen LogP contribution in [0.5, 0.6) is 0 Å². The number of aryl methyl sites for hydroxylation is 2. The van der Waals surface area contributed by atoms with Gasteiger partial charge < -0.3 is 10.6 Å². The van der Waals surface area contributed by atoms with Crippen molar-refractivity contribution in [2.75, 3.05) is 17.7 Å². The van der Waals surface area contributed by atoms with E-state index < -0.39 is 0 Å². The molecule has 0 radical (unpaired) electrons. The van der Waals surface area contributed by atoms with Crippen LogP contribution in [0.4, 0.5) is 17.1 Å². The molecule has 1 heterocycles. The van der Waals surface area contributed by atoms with Gasteiger partial charge in [-0.1, -0.05) is 6.07 Å². The molecule has 3 nitrogen and oxygen atoms in total. The van der Waals surface area contributed by atoms with E-state index in [9.17, 15) is 0 Å². The highest BCUT2D eigenvalue weighted by Gasteiger charge is 2.12. The highest BCUT2D eigenvalue weighted by atomic mass is 32.1. The maximum absolute atomic E-state index is 6.28. The molecule has 0 bridgehead atoms. The van der Waals surface area contributed by atoms with Gasteiger partial charge in [-0.15, -0.1) is 11.3 Å². The van der Waals surface area contributed by atoms with Gasteiger partial charge in [0.15, 0.2) is 0 Å². The molecule has 0 saturated heterocycles. The molecule has 0 fully saturated rings. The molecular formula is C16H17N3S. The van der Waals surface area contributed by atoms with Crippen LogP contribution in [0.25, 0.3) is 10.2 Å². The summed E-state index contributed by atoms with van der Waals surface area (Å²) in [5.41, 5.74) is 14.4. The van der Waals surface area contributed by atoms with E-state index in [1.165, 1.54) is 11.1 Å². The van der Waals surface area contributed by atoms with Crippen molar-refractivity contribution in [2.24, 2.45) is 0 Å². The van der Waals surface area contributed by atoms with Crippen LogP contribution in [0.15, 0.2) is 35.8 Å². The lowest BCUT2D eigenvalue weighted by Crippen LogP contribution is -2.12. The normalized spacial score (nSPS) is 10.9. The first-order valence-corrected chi connectivity index (χ1v) is 7.38. The Morgan fingerprint density at radius 3 is 2.50 bits per heavy atom. The summed E-state index contributed by atoms with van der Waals surface area (Å²) < 4.78 is 1.13. The molecule has 0 saturated carbocycles. The summed E-state index contributed by atoms with van der Waals surface area (Å²) in [5.74, 6) is 0. The predicted molar refractivity (Wildman–Crippen MR) is 88.0 cm³/mol. The molecule has 20 heavy (non-hydrogen) atoms. The Hall–Kier alpha value is -2.07. The average molecular weight is 283 g/mol. The lowest BCUT2D eigenvalue weighted by Gasteiger charge is -2.22. The van der Waals surface area contributed by atoms with Crippen LogP contribution in [-0.2, 0) is 0 Å². The van der Waals surface area contributed by atoms with E-state index >= 15 is 0 Å². The van der Waals surface area contributed by atoms with Gasteiger partial charge in [0, 0.05) is 12.7 Å². The molecule has 1 aromatic heterocycles. The van der Waals surface area contributed by atoms with Crippen molar-refractivity contribution in [1.29, 1.82) is 0 Å². The standard InChI is InChI=1S/C16H17N3S/c1-10-6-11(2)8-12(7-10)19(3)13-4-5-14-16(15(13)17)18-9-20-14/h4-9H,17H2,1-3H3. The molecule has 3 aromatic rings. The zero-order valence-electron chi connectivity index (χ0n) is 11.8. The fraction of sp³-hybridized carbons (Fsp3) is 0.188. The minimum absolute atomic E-state index is 0.741. The van der Waals surface area contributed by atoms with Crippen LogP contribution in [0.2, 0.25) is 0 Å². The van der Waals surface area contributed by atoms with Crippen molar-refractivity contribution in [2.45, 2.75) is 13.8 Å². The first-order chi connectivity index (χ1) is 9.56. The lowest BCUT2D eigenvalue weighted by atomic mass is 10.1. The number of aromatic nitrogens is 1. The number of nitrogen functional groups attached to an aromatic ring is 1. The minimum atomic E-state index is 0.741. The monoisotopic (exact) mass is 283 g/mol. The average Bonchev–Trinajstić information content (AvgIpc) is 2.86. The minimum Gasteiger partial charge on any atom is -0.395 e. The van der Waals surface area contributed by atoms with Crippen molar-refractivity contribution in [3.63, 3.8) is 0 Å². The second-order valence-electron chi connectivity index (χ2n) is 5.10. The van der Waals surface area contributed by atoms with Gasteiger partial charge >= 0.3 is 0 Å². The Labute approximate surface area is 122 Å². The number of hydrogen-bond donors (Lipinski definition) is 1. The molecule has 0 aliphatic carbocycles. The third-order valence-electron chi connectivity index (χ3n) is 3.47. The molecule has 2 N–H and O–H groups in total. The molecular weight excluding hydrogens is 266 g/mol. The largest absolute Gasteiger partial charge is 0.395 e.